The monoisotopic (exact) mass is 207 g/mol. The van der Waals surface area contributed by atoms with Crippen LogP contribution in [0.3, 0.4) is 0 Å². The minimum absolute atomic E-state index is 0.0571. The van der Waals surface area contributed by atoms with Crippen LogP contribution in [0.15, 0.2) is 24.3 Å². The summed E-state index contributed by atoms with van der Waals surface area (Å²) in [7, 11) is 0. The molecule has 1 rings (SSSR count). The molecule has 0 saturated carbocycles. The van der Waals surface area contributed by atoms with Gasteiger partial charge in [-0.1, -0.05) is 0 Å². The molecule has 1 aromatic rings. The second-order valence-electron chi connectivity index (χ2n) is 3.19. The first kappa shape index (κ1) is 11.6. The van der Waals surface area contributed by atoms with E-state index in [1.54, 1.807) is 11.8 Å². The molecule has 0 aliphatic heterocycles. The van der Waals surface area contributed by atoms with Crippen LogP contribution in [0, 0.1) is 0 Å². The van der Waals surface area contributed by atoms with Crippen molar-refractivity contribution >= 4 is 11.6 Å². The highest BCUT2D eigenvalue weighted by Crippen LogP contribution is 2.19. The number of anilines is 1. The lowest BCUT2D eigenvalue weighted by molar-refractivity contribution is -0.116. The summed E-state index contributed by atoms with van der Waals surface area (Å²) >= 11 is 0. The van der Waals surface area contributed by atoms with Gasteiger partial charge in [0.1, 0.15) is 5.75 Å². The summed E-state index contributed by atoms with van der Waals surface area (Å²) in [4.78, 5) is 13.0. The molecule has 0 atom stereocenters. The van der Waals surface area contributed by atoms with Gasteiger partial charge in [0.25, 0.3) is 0 Å². The van der Waals surface area contributed by atoms with Crippen molar-refractivity contribution < 1.29 is 9.53 Å². The van der Waals surface area contributed by atoms with Gasteiger partial charge >= 0.3 is 0 Å². The van der Waals surface area contributed by atoms with Gasteiger partial charge in [-0.3, -0.25) is 4.79 Å². The van der Waals surface area contributed by atoms with E-state index in [9.17, 15) is 4.79 Å². The van der Waals surface area contributed by atoms with Gasteiger partial charge in [-0.2, -0.15) is 0 Å². The molecule has 0 N–H and O–H groups in total. The number of carbonyl (C=O) groups is 1. The number of amides is 1. The quantitative estimate of drug-likeness (QED) is 0.759. The Bertz CT molecular complexity index is 319. The number of nitrogens with zero attached hydrogens (tertiary/aromatic N) is 1. The van der Waals surface area contributed by atoms with Crippen molar-refractivity contribution in [3.8, 4) is 5.75 Å². The van der Waals surface area contributed by atoms with Gasteiger partial charge in [0, 0.05) is 19.2 Å². The van der Waals surface area contributed by atoms with Gasteiger partial charge < -0.3 is 9.64 Å². The van der Waals surface area contributed by atoms with E-state index in [1.807, 2.05) is 38.1 Å². The molecule has 0 aromatic heterocycles. The molecule has 1 amide bonds. The molecule has 0 bridgehead atoms. The van der Waals surface area contributed by atoms with Crippen molar-refractivity contribution in [2.45, 2.75) is 20.8 Å². The van der Waals surface area contributed by atoms with Crippen molar-refractivity contribution in [2.24, 2.45) is 0 Å². The maximum Gasteiger partial charge on any atom is 0.223 e. The van der Waals surface area contributed by atoms with Crippen LogP contribution in [0.4, 0.5) is 5.69 Å². The van der Waals surface area contributed by atoms with E-state index < -0.39 is 0 Å². The lowest BCUT2D eigenvalue weighted by Gasteiger charge is -2.19. The molecule has 0 spiro atoms. The Hall–Kier alpha value is -1.51. The van der Waals surface area contributed by atoms with E-state index in [0.29, 0.717) is 13.2 Å². The van der Waals surface area contributed by atoms with E-state index >= 15 is 0 Å². The minimum Gasteiger partial charge on any atom is -0.494 e. The lowest BCUT2D eigenvalue weighted by atomic mass is 10.2. The fourth-order valence-corrected chi connectivity index (χ4v) is 1.48. The summed E-state index contributed by atoms with van der Waals surface area (Å²) in [6.07, 6.45) is 0. The highest BCUT2D eigenvalue weighted by molar-refractivity contribution is 5.91. The van der Waals surface area contributed by atoms with Gasteiger partial charge in [-0.25, -0.2) is 0 Å². The van der Waals surface area contributed by atoms with Gasteiger partial charge in [0.05, 0.1) is 6.61 Å². The summed E-state index contributed by atoms with van der Waals surface area (Å²) < 4.78 is 5.33. The highest BCUT2D eigenvalue weighted by Gasteiger charge is 2.08. The van der Waals surface area contributed by atoms with E-state index in [2.05, 4.69) is 0 Å². The van der Waals surface area contributed by atoms with E-state index in [4.69, 9.17) is 4.74 Å². The predicted octanol–water partition coefficient (Wildman–Crippen LogP) is 2.46. The van der Waals surface area contributed by atoms with Crippen LogP contribution in [-0.4, -0.2) is 19.1 Å². The van der Waals surface area contributed by atoms with Crippen LogP contribution < -0.4 is 9.64 Å². The Labute approximate surface area is 90.7 Å². The lowest BCUT2D eigenvalue weighted by Crippen LogP contribution is -2.27. The van der Waals surface area contributed by atoms with Crippen molar-refractivity contribution in [2.75, 3.05) is 18.1 Å². The van der Waals surface area contributed by atoms with Gasteiger partial charge in [0.2, 0.25) is 5.91 Å². The second-order valence-corrected chi connectivity index (χ2v) is 3.19. The summed E-state index contributed by atoms with van der Waals surface area (Å²) in [6.45, 7) is 6.81. The third-order valence-corrected chi connectivity index (χ3v) is 2.16. The smallest absolute Gasteiger partial charge is 0.223 e. The molecular weight excluding hydrogens is 190 g/mol. The van der Waals surface area contributed by atoms with E-state index in [1.165, 1.54) is 0 Å². The summed E-state index contributed by atoms with van der Waals surface area (Å²) in [5, 5.41) is 0. The molecule has 3 heteroatoms. The molecule has 0 aliphatic rings. The second kappa shape index (κ2) is 5.39. The topological polar surface area (TPSA) is 29.5 Å². The molecule has 0 aliphatic carbocycles. The first-order chi connectivity index (χ1) is 7.19. The van der Waals surface area contributed by atoms with Crippen LogP contribution >= 0.6 is 0 Å². The van der Waals surface area contributed by atoms with Crippen molar-refractivity contribution in [3.05, 3.63) is 24.3 Å². The molecule has 0 fully saturated rings. The Kier molecular flexibility index (Phi) is 4.16. The zero-order valence-corrected chi connectivity index (χ0v) is 9.49. The summed E-state index contributed by atoms with van der Waals surface area (Å²) in [5.74, 6) is 0.891. The largest absolute Gasteiger partial charge is 0.494 e. The average Bonchev–Trinajstić information content (AvgIpc) is 2.21. The molecular formula is C12H17NO2. The van der Waals surface area contributed by atoms with Crippen molar-refractivity contribution in [1.82, 2.24) is 0 Å². The Morgan fingerprint density at radius 2 is 1.87 bits per heavy atom. The fourth-order valence-electron chi connectivity index (χ4n) is 1.48. The third kappa shape index (κ3) is 2.98. The maximum atomic E-state index is 11.3. The minimum atomic E-state index is 0.0571. The maximum absolute atomic E-state index is 11.3. The molecule has 82 valence electrons. The van der Waals surface area contributed by atoms with Crippen molar-refractivity contribution in [1.29, 1.82) is 0 Å². The Balaban J connectivity index is 2.82. The van der Waals surface area contributed by atoms with E-state index in [-0.39, 0.29) is 5.91 Å². The zero-order chi connectivity index (χ0) is 11.3. The van der Waals surface area contributed by atoms with Gasteiger partial charge in [0.15, 0.2) is 0 Å². The van der Waals surface area contributed by atoms with Crippen LogP contribution in [0.2, 0.25) is 0 Å². The number of benzene rings is 1. The van der Waals surface area contributed by atoms with E-state index in [0.717, 1.165) is 11.4 Å². The molecule has 0 radical (unpaired) electrons. The van der Waals surface area contributed by atoms with Crippen LogP contribution in [0.1, 0.15) is 20.8 Å². The molecule has 1 aromatic carbocycles. The standard InChI is InChI=1S/C12H17NO2/c1-4-13(10(3)14)11-6-8-12(9-7-11)15-5-2/h6-9H,4-5H2,1-3H3. The number of hydrogen-bond donors (Lipinski definition) is 0. The molecule has 3 nitrogen and oxygen atoms in total. The van der Waals surface area contributed by atoms with Crippen LogP contribution in [0.25, 0.3) is 0 Å². The molecule has 15 heavy (non-hydrogen) atoms. The molecule has 0 heterocycles. The van der Waals surface area contributed by atoms with Gasteiger partial charge in [-0.15, -0.1) is 0 Å². The molecule has 0 saturated heterocycles. The van der Waals surface area contributed by atoms with Crippen molar-refractivity contribution in [3.63, 3.8) is 0 Å². The number of hydrogen-bond acceptors (Lipinski definition) is 2. The SMILES string of the molecule is CCOc1ccc(N(CC)C(C)=O)cc1. The zero-order valence-electron chi connectivity index (χ0n) is 9.49. The van der Waals surface area contributed by atoms with Crippen LogP contribution in [-0.2, 0) is 4.79 Å². The number of ether oxygens (including phenoxy) is 1. The Morgan fingerprint density at radius 1 is 1.27 bits per heavy atom. The molecule has 0 unspecified atom stereocenters. The summed E-state index contributed by atoms with van der Waals surface area (Å²) in [5.41, 5.74) is 0.911. The van der Waals surface area contributed by atoms with Gasteiger partial charge in [-0.05, 0) is 38.1 Å². The average molecular weight is 207 g/mol. The number of rotatable bonds is 4. The first-order valence-electron chi connectivity index (χ1n) is 5.20. The fraction of sp³-hybridized carbons (Fsp3) is 0.417. The van der Waals surface area contributed by atoms with Crippen LogP contribution in [0.5, 0.6) is 5.75 Å². The first-order valence-corrected chi connectivity index (χ1v) is 5.20. The Morgan fingerprint density at radius 3 is 2.27 bits per heavy atom. The predicted molar refractivity (Wildman–Crippen MR) is 61.3 cm³/mol. The highest BCUT2D eigenvalue weighted by atomic mass is 16.5. The third-order valence-electron chi connectivity index (χ3n) is 2.16. The summed E-state index contributed by atoms with van der Waals surface area (Å²) in [6, 6.07) is 7.56. The normalized spacial score (nSPS) is 9.80. The number of carbonyl (C=O) groups excluding carboxylic acids is 1.